The van der Waals surface area contributed by atoms with E-state index in [1.807, 2.05) is 24.0 Å². The van der Waals surface area contributed by atoms with Gasteiger partial charge in [0, 0.05) is 51.5 Å². The van der Waals surface area contributed by atoms with E-state index in [4.69, 9.17) is 19.2 Å². The first-order valence-electron chi connectivity index (χ1n) is 14.3. The highest BCUT2D eigenvalue weighted by Gasteiger charge is 2.29. The Labute approximate surface area is 250 Å². The number of aliphatic hydroxyl groups is 1. The molecule has 12 nitrogen and oxygen atoms in total. The first kappa shape index (κ1) is 30.2. The number of nitriles is 1. The van der Waals surface area contributed by atoms with Gasteiger partial charge in [0.2, 0.25) is 6.29 Å². The van der Waals surface area contributed by atoms with Gasteiger partial charge in [0.05, 0.1) is 41.1 Å². The van der Waals surface area contributed by atoms with Gasteiger partial charge in [-0.25, -0.2) is 14.8 Å². The third-order valence-corrected chi connectivity index (χ3v) is 7.95. The van der Waals surface area contributed by atoms with Crippen LogP contribution in [0.1, 0.15) is 66.1 Å². The molecule has 0 aliphatic carbocycles. The van der Waals surface area contributed by atoms with Crippen molar-refractivity contribution in [2.24, 2.45) is 0 Å². The van der Waals surface area contributed by atoms with Crippen LogP contribution in [0.3, 0.4) is 0 Å². The Hall–Kier alpha value is -4.31. The summed E-state index contributed by atoms with van der Waals surface area (Å²) in [7, 11) is 3.00. The summed E-state index contributed by atoms with van der Waals surface area (Å²) in [6.07, 6.45) is 3.00. The maximum atomic E-state index is 13.6. The number of benzene rings is 1. The fraction of sp³-hybridized carbons (Fsp3) is 0.452. The van der Waals surface area contributed by atoms with E-state index in [0.29, 0.717) is 72.5 Å². The molecular weight excluding hydrogens is 552 g/mol. The maximum Gasteiger partial charge on any atom is 0.410 e. The van der Waals surface area contributed by atoms with Gasteiger partial charge in [-0.2, -0.15) is 5.26 Å². The molecule has 0 atom stereocenters. The third kappa shape index (κ3) is 6.69. The number of carbonyl (C=O) groups is 2. The van der Waals surface area contributed by atoms with Crippen LogP contribution in [0.25, 0.3) is 10.9 Å². The number of aromatic nitrogens is 2. The molecule has 2 saturated heterocycles. The fourth-order valence-electron chi connectivity index (χ4n) is 5.46. The van der Waals surface area contributed by atoms with Crippen LogP contribution in [0, 0.1) is 11.3 Å². The van der Waals surface area contributed by atoms with E-state index in [2.05, 4.69) is 16.4 Å². The summed E-state index contributed by atoms with van der Waals surface area (Å²) in [6.45, 7) is 4.16. The Kier molecular flexibility index (Phi) is 9.05. The van der Waals surface area contributed by atoms with E-state index < -0.39 is 17.8 Å². The molecule has 0 unspecified atom stereocenters. The van der Waals surface area contributed by atoms with Crippen molar-refractivity contribution in [2.75, 3.05) is 50.7 Å². The number of amides is 2. The highest BCUT2D eigenvalue weighted by atomic mass is 16.7. The van der Waals surface area contributed by atoms with Gasteiger partial charge in [0.1, 0.15) is 17.6 Å². The Morgan fingerprint density at radius 2 is 1.98 bits per heavy atom. The first-order valence-corrected chi connectivity index (χ1v) is 14.3. The predicted octanol–water partition coefficient (Wildman–Crippen LogP) is 4.13. The van der Waals surface area contributed by atoms with E-state index in [0.717, 1.165) is 18.4 Å². The molecule has 2 amide bonds. The zero-order valence-corrected chi connectivity index (χ0v) is 24.6. The number of pyridine rings is 2. The second-order valence-electron chi connectivity index (χ2n) is 11.1. The van der Waals surface area contributed by atoms with Crippen LogP contribution < -0.4 is 10.2 Å². The second-order valence-corrected chi connectivity index (χ2v) is 11.1. The van der Waals surface area contributed by atoms with Gasteiger partial charge in [0.25, 0.3) is 5.91 Å². The number of para-hydroxylation sites is 1. The van der Waals surface area contributed by atoms with Crippen LogP contribution in [0.4, 0.5) is 16.3 Å². The maximum absolute atomic E-state index is 13.6. The molecule has 2 fully saturated rings. The molecule has 43 heavy (non-hydrogen) atoms. The van der Waals surface area contributed by atoms with Crippen molar-refractivity contribution < 1.29 is 28.9 Å². The number of nitrogens with one attached hydrogen (secondary N) is 1. The van der Waals surface area contributed by atoms with Gasteiger partial charge < -0.3 is 34.4 Å². The topological polar surface area (TPSA) is 150 Å². The molecule has 12 heteroatoms. The largest absolute Gasteiger partial charge is 0.449 e. The highest BCUT2D eigenvalue weighted by Crippen LogP contribution is 2.31. The predicted molar refractivity (Wildman–Crippen MR) is 158 cm³/mol. The van der Waals surface area contributed by atoms with Gasteiger partial charge in [0.15, 0.2) is 0 Å². The second kappa shape index (κ2) is 12.9. The van der Waals surface area contributed by atoms with E-state index in [1.54, 1.807) is 23.1 Å². The van der Waals surface area contributed by atoms with E-state index in [1.165, 1.54) is 20.4 Å². The molecule has 2 N–H and O–H groups in total. The molecule has 5 rings (SSSR count). The summed E-state index contributed by atoms with van der Waals surface area (Å²) < 4.78 is 16.4. The number of cyclic esters (lactones) is 1. The Morgan fingerprint density at radius 3 is 2.70 bits per heavy atom. The summed E-state index contributed by atoms with van der Waals surface area (Å²) in [4.78, 5) is 39.0. The number of piperidine rings is 1. The first-order chi connectivity index (χ1) is 20.7. The summed E-state index contributed by atoms with van der Waals surface area (Å²) in [5, 5.41) is 23.6. The molecule has 226 valence electrons. The lowest BCUT2D eigenvalue weighted by atomic mass is 9.93. The van der Waals surface area contributed by atoms with Crippen LogP contribution in [0.5, 0.6) is 0 Å². The molecule has 0 spiro atoms. The molecule has 4 heterocycles. The van der Waals surface area contributed by atoms with E-state index in [-0.39, 0.29) is 18.5 Å². The lowest BCUT2D eigenvalue weighted by molar-refractivity contribution is -0.109. The minimum Gasteiger partial charge on any atom is -0.449 e. The number of anilines is 2. The Morgan fingerprint density at radius 1 is 1.21 bits per heavy atom. The number of fused-ring (bicyclic) bond motifs is 1. The van der Waals surface area contributed by atoms with Crippen molar-refractivity contribution in [1.29, 1.82) is 5.26 Å². The van der Waals surface area contributed by atoms with E-state index >= 15 is 0 Å². The average Bonchev–Trinajstić information content (AvgIpc) is 3.21. The molecule has 0 radical (unpaired) electrons. The molecule has 2 aromatic heterocycles. The van der Waals surface area contributed by atoms with Crippen LogP contribution in [-0.4, -0.2) is 78.0 Å². The minimum atomic E-state index is -0.827. The normalized spacial score (nSPS) is 17.0. The molecule has 0 bridgehead atoms. The van der Waals surface area contributed by atoms with E-state index in [9.17, 15) is 20.0 Å². The van der Waals surface area contributed by atoms with Gasteiger partial charge in [-0.05, 0) is 50.3 Å². The number of hydrogen-bond acceptors (Lipinski definition) is 10. The molecule has 0 saturated carbocycles. The minimum absolute atomic E-state index is 0.251. The number of carbonyl (C=O) groups excluding carboxylic acids is 2. The monoisotopic (exact) mass is 588 g/mol. The van der Waals surface area contributed by atoms with Crippen molar-refractivity contribution in [1.82, 2.24) is 14.9 Å². The summed E-state index contributed by atoms with van der Waals surface area (Å²) in [5.74, 6) is -0.138. The molecule has 2 aliphatic heterocycles. The molecule has 2 aliphatic rings. The summed E-state index contributed by atoms with van der Waals surface area (Å²) >= 11 is 0. The molecule has 1 aromatic carbocycles. The van der Waals surface area contributed by atoms with Crippen molar-refractivity contribution in [3.8, 4) is 6.07 Å². The highest BCUT2D eigenvalue weighted by molar-refractivity contribution is 6.11. The van der Waals surface area contributed by atoms with Crippen molar-refractivity contribution in [2.45, 2.75) is 51.0 Å². The van der Waals surface area contributed by atoms with Gasteiger partial charge in [-0.1, -0.05) is 12.1 Å². The standard InChI is InChI=1S/C31H36N6O6/c1-31(40)9-12-36(13-10-31)24-16-25(33-18-22(24)17-32)34-28(38)23-8-6-7-20-15-21(19-37-11-4-5-14-43-30(37)39)27(35-26(20)23)29(41-2)42-3/h6-8,15-16,18,29,40H,4-5,9-14,19H2,1-3H3,(H,33,34,38). The summed E-state index contributed by atoms with van der Waals surface area (Å²) in [6, 6.07) is 11.0. The lowest BCUT2D eigenvalue weighted by Gasteiger charge is -2.37. The lowest BCUT2D eigenvalue weighted by Crippen LogP contribution is -2.42. The molecule has 3 aromatic rings. The average molecular weight is 589 g/mol. The smallest absolute Gasteiger partial charge is 0.410 e. The van der Waals surface area contributed by atoms with Crippen LogP contribution in [-0.2, 0) is 20.8 Å². The fourth-order valence-corrected chi connectivity index (χ4v) is 5.46. The van der Waals surface area contributed by atoms with Crippen LogP contribution >= 0.6 is 0 Å². The zero-order valence-electron chi connectivity index (χ0n) is 24.6. The summed E-state index contributed by atoms with van der Waals surface area (Å²) in [5.41, 5.74) is 2.22. The van der Waals surface area contributed by atoms with Gasteiger partial charge in [-0.15, -0.1) is 0 Å². The van der Waals surface area contributed by atoms with Crippen molar-refractivity contribution >= 4 is 34.4 Å². The van der Waals surface area contributed by atoms with Crippen LogP contribution in [0.2, 0.25) is 0 Å². The van der Waals surface area contributed by atoms with Gasteiger partial charge >= 0.3 is 6.09 Å². The Balaban J connectivity index is 1.46. The SMILES string of the molecule is COC(OC)c1nc2c(C(=O)Nc3cc(N4CCC(C)(O)CC4)c(C#N)cn3)cccc2cc1CN1CCCCOC1=O. The number of ether oxygens (including phenoxy) is 3. The quantitative estimate of drug-likeness (QED) is 0.368. The number of rotatable bonds is 8. The number of methoxy groups -OCH3 is 2. The zero-order chi connectivity index (χ0) is 30.6. The Bertz CT molecular complexity index is 1540. The third-order valence-electron chi connectivity index (χ3n) is 7.95. The van der Waals surface area contributed by atoms with Crippen molar-refractivity contribution in [3.63, 3.8) is 0 Å². The van der Waals surface area contributed by atoms with Crippen molar-refractivity contribution in [3.05, 3.63) is 58.9 Å². The molecular formula is C31H36N6O6. The van der Waals surface area contributed by atoms with Gasteiger partial charge in [-0.3, -0.25) is 4.79 Å². The number of nitrogens with zero attached hydrogens (tertiary/aromatic N) is 5. The van der Waals surface area contributed by atoms with Crippen LogP contribution in [0.15, 0.2) is 36.5 Å². The number of hydrogen-bond donors (Lipinski definition) is 2.